The zero-order valence-corrected chi connectivity index (χ0v) is 16.2. The van der Waals surface area contributed by atoms with Crippen LogP contribution in [0.15, 0.2) is 54.9 Å². The molecule has 3 aromatic rings. The van der Waals surface area contributed by atoms with Crippen LogP contribution in [0, 0.1) is 0 Å². The van der Waals surface area contributed by atoms with E-state index in [1.807, 2.05) is 18.2 Å². The number of aromatic nitrogens is 2. The Morgan fingerprint density at radius 1 is 1.04 bits per heavy atom. The Morgan fingerprint density at radius 3 is 2.50 bits per heavy atom. The fourth-order valence-electron chi connectivity index (χ4n) is 2.47. The lowest BCUT2D eigenvalue weighted by molar-refractivity contribution is 0.102. The van der Waals surface area contributed by atoms with Crippen LogP contribution in [0.2, 0.25) is 5.02 Å². The van der Waals surface area contributed by atoms with Crippen LogP contribution in [0.4, 0.5) is 11.5 Å². The Balaban J connectivity index is 1.61. The number of nitrogens with one attached hydrogen (secondary N) is 2. The number of hydrogen-bond acceptors (Lipinski definition) is 6. The van der Waals surface area contributed by atoms with E-state index in [0.717, 1.165) is 5.56 Å². The van der Waals surface area contributed by atoms with Crippen molar-refractivity contribution in [3.05, 3.63) is 71.1 Å². The van der Waals surface area contributed by atoms with E-state index in [9.17, 15) is 4.79 Å². The second-order valence-electron chi connectivity index (χ2n) is 5.76. The summed E-state index contributed by atoms with van der Waals surface area (Å²) in [4.78, 5) is 20.7. The molecule has 0 spiro atoms. The molecular formula is C20H19ClN4O3. The number of ether oxygens (including phenoxy) is 2. The molecule has 0 radical (unpaired) electrons. The Morgan fingerprint density at radius 2 is 1.82 bits per heavy atom. The van der Waals surface area contributed by atoms with E-state index in [1.165, 1.54) is 12.4 Å². The third-order valence-corrected chi connectivity index (χ3v) is 4.26. The molecule has 0 aliphatic heterocycles. The lowest BCUT2D eigenvalue weighted by Crippen LogP contribution is -2.14. The van der Waals surface area contributed by atoms with Gasteiger partial charge in [-0.05, 0) is 29.8 Å². The summed E-state index contributed by atoms with van der Waals surface area (Å²) in [5, 5.41) is 6.32. The molecule has 1 heterocycles. The molecule has 0 aliphatic rings. The molecule has 8 heteroatoms. The Kier molecular flexibility index (Phi) is 6.29. The smallest absolute Gasteiger partial charge is 0.275 e. The van der Waals surface area contributed by atoms with Crippen LogP contribution in [0.5, 0.6) is 11.5 Å². The monoisotopic (exact) mass is 398 g/mol. The first-order valence-electron chi connectivity index (χ1n) is 8.43. The van der Waals surface area contributed by atoms with Crippen molar-refractivity contribution >= 4 is 29.0 Å². The first-order valence-corrected chi connectivity index (χ1v) is 8.81. The van der Waals surface area contributed by atoms with E-state index in [4.69, 9.17) is 21.1 Å². The summed E-state index contributed by atoms with van der Waals surface area (Å²) in [5.41, 5.74) is 1.70. The zero-order valence-electron chi connectivity index (χ0n) is 15.4. The Labute approximate surface area is 167 Å². The maximum atomic E-state index is 12.3. The normalized spacial score (nSPS) is 10.2. The molecule has 0 atom stereocenters. The molecule has 0 fully saturated rings. The number of para-hydroxylation sites is 1. The van der Waals surface area contributed by atoms with E-state index >= 15 is 0 Å². The number of carbonyl (C=O) groups excluding carboxylic acids is 1. The minimum absolute atomic E-state index is 0.191. The van der Waals surface area contributed by atoms with Gasteiger partial charge in [0.2, 0.25) is 0 Å². The minimum Gasteiger partial charge on any atom is -0.493 e. The molecule has 0 unspecified atom stereocenters. The van der Waals surface area contributed by atoms with Gasteiger partial charge in [0, 0.05) is 6.54 Å². The van der Waals surface area contributed by atoms with Gasteiger partial charge in [0.05, 0.1) is 37.3 Å². The molecular weight excluding hydrogens is 380 g/mol. The second-order valence-corrected chi connectivity index (χ2v) is 6.17. The van der Waals surface area contributed by atoms with Crippen LogP contribution in [-0.2, 0) is 6.54 Å². The molecule has 0 bridgehead atoms. The van der Waals surface area contributed by atoms with Gasteiger partial charge in [-0.25, -0.2) is 9.97 Å². The predicted octanol–water partition coefficient (Wildman–Crippen LogP) is 4.01. The summed E-state index contributed by atoms with van der Waals surface area (Å²) in [5.74, 6) is 1.48. The van der Waals surface area contributed by atoms with E-state index in [1.54, 1.807) is 38.5 Å². The Hall–Kier alpha value is -3.32. The number of benzene rings is 2. The topological polar surface area (TPSA) is 85.4 Å². The molecule has 0 saturated heterocycles. The molecule has 3 rings (SSSR count). The third-order valence-electron chi connectivity index (χ3n) is 3.93. The van der Waals surface area contributed by atoms with Crippen LogP contribution >= 0.6 is 11.6 Å². The van der Waals surface area contributed by atoms with Crippen molar-refractivity contribution in [1.82, 2.24) is 9.97 Å². The van der Waals surface area contributed by atoms with Crippen LogP contribution in [0.3, 0.4) is 0 Å². The standard InChI is InChI=1S/C20H19ClN4O3/c1-27-17-8-7-13(9-18(17)28-2)10-23-19-12-22-16(11-24-19)20(26)25-15-6-4-3-5-14(15)21/h3-9,11-12H,10H2,1-2H3,(H,23,24)(H,25,26). The quantitative estimate of drug-likeness (QED) is 0.625. The Bertz CT molecular complexity index is 964. The average molecular weight is 399 g/mol. The molecule has 0 saturated carbocycles. The number of carbonyl (C=O) groups is 1. The summed E-state index contributed by atoms with van der Waals surface area (Å²) in [7, 11) is 3.18. The molecule has 7 nitrogen and oxygen atoms in total. The molecule has 0 aliphatic carbocycles. The van der Waals surface area contributed by atoms with Crippen molar-refractivity contribution in [3.8, 4) is 11.5 Å². The molecule has 28 heavy (non-hydrogen) atoms. The number of methoxy groups -OCH3 is 2. The molecule has 2 aromatic carbocycles. The van der Waals surface area contributed by atoms with Gasteiger partial charge >= 0.3 is 0 Å². The first-order chi connectivity index (χ1) is 13.6. The molecule has 1 amide bonds. The van der Waals surface area contributed by atoms with Gasteiger partial charge in [-0.15, -0.1) is 0 Å². The third kappa shape index (κ3) is 4.69. The van der Waals surface area contributed by atoms with Crippen molar-refractivity contribution in [2.45, 2.75) is 6.54 Å². The van der Waals surface area contributed by atoms with Crippen molar-refractivity contribution in [2.75, 3.05) is 24.9 Å². The van der Waals surface area contributed by atoms with Crippen molar-refractivity contribution in [2.24, 2.45) is 0 Å². The van der Waals surface area contributed by atoms with Crippen molar-refractivity contribution in [3.63, 3.8) is 0 Å². The molecule has 1 aromatic heterocycles. The first kappa shape index (κ1) is 19.4. The van der Waals surface area contributed by atoms with Gasteiger partial charge in [0.1, 0.15) is 11.5 Å². The highest BCUT2D eigenvalue weighted by Crippen LogP contribution is 2.27. The van der Waals surface area contributed by atoms with Gasteiger partial charge in [-0.1, -0.05) is 29.8 Å². The lowest BCUT2D eigenvalue weighted by atomic mass is 10.2. The maximum absolute atomic E-state index is 12.3. The van der Waals surface area contributed by atoms with Crippen LogP contribution in [0.25, 0.3) is 0 Å². The van der Waals surface area contributed by atoms with Crippen LogP contribution < -0.4 is 20.1 Å². The summed E-state index contributed by atoms with van der Waals surface area (Å²) in [6.07, 6.45) is 2.91. The van der Waals surface area contributed by atoms with Crippen LogP contribution in [-0.4, -0.2) is 30.1 Å². The summed E-state index contributed by atoms with van der Waals surface area (Å²) < 4.78 is 10.5. The van der Waals surface area contributed by atoms with E-state index < -0.39 is 0 Å². The van der Waals surface area contributed by atoms with E-state index in [0.29, 0.717) is 34.6 Å². The number of nitrogens with zero attached hydrogens (tertiary/aromatic N) is 2. The van der Waals surface area contributed by atoms with Gasteiger partial charge < -0.3 is 20.1 Å². The lowest BCUT2D eigenvalue weighted by Gasteiger charge is -2.11. The van der Waals surface area contributed by atoms with E-state index in [2.05, 4.69) is 20.6 Å². The number of hydrogen-bond donors (Lipinski definition) is 2. The largest absolute Gasteiger partial charge is 0.493 e. The van der Waals surface area contributed by atoms with Gasteiger partial charge in [-0.3, -0.25) is 4.79 Å². The van der Waals surface area contributed by atoms with E-state index in [-0.39, 0.29) is 11.6 Å². The fourth-order valence-corrected chi connectivity index (χ4v) is 2.65. The summed E-state index contributed by atoms with van der Waals surface area (Å²) >= 11 is 6.04. The molecule has 2 N–H and O–H groups in total. The number of rotatable bonds is 7. The summed E-state index contributed by atoms with van der Waals surface area (Å²) in [6, 6.07) is 12.6. The SMILES string of the molecule is COc1ccc(CNc2cnc(C(=O)Nc3ccccc3Cl)cn2)cc1OC. The highest BCUT2D eigenvalue weighted by Gasteiger charge is 2.10. The summed E-state index contributed by atoms with van der Waals surface area (Å²) in [6.45, 7) is 0.514. The number of anilines is 2. The molecule has 144 valence electrons. The van der Waals surface area contributed by atoms with Gasteiger partial charge in [-0.2, -0.15) is 0 Å². The highest BCUT2D eigenvalue weighted by molar-refractivity contribution is 6.33. The number of halogens is 1. The minimum atomic E-state index is -0.382. The van der Waals surface area contributed by atoms with Gasteiger partial charge in [0.25, 0.3) is 5.91 Å². The fraction of sp³-hybridized carbons (Fsp3) is 0.150. The van der Waals surface area contributed by atoms with Gasteiger partial charge in [0.15, 0.2) is 11.5 Å². The zero-order chi connectivity index (χ0) is 19.9. The number of amides is 1. The van der Waals surface area contributed by atoms with Crippen LogP contribution in [0.1, 0.15) is 16.1 Å². The predicted molar refractivity (Wildman–Crippen MR) is 108 cm³/mol. The van der Waals surface area contributed by atoms with Crippen molar-refractivity contribution in [1.29, 1.82) is 0 Å². The highest BCUT2D eigenvalue weighted by atomic mass is 35.5. The maximum Gasteiger partial charge on any atom is 0.275 e. The average Bonchev–Trinajstić information content (AvgIpc) is 2.74. The van der Waals surface area contributed by atoms with Crippen molar-refractivity contribution < 1.29 is 14.3 Å². The second kappa shape index (κ2) is 9.05.